The largest absolute Gasteiger partial charge is 0.381 e. The summed E-state index contributed by atoms with van der Waals surface area (Å²) in [5.74, 6) is 1.31. The molecule has 114 valence electrons. The van der Waals surface area contributed by atoms with E-state index in [1.54, 1.807) is 0 Å². The minimum Gasteiger partial charge on any atom is -0.381 e. The van der Waals surface area contributed by atoms with Crippen LogP contribution in [0.15, 0.2) is 18.3 Å². The van der Waals surface area contributed by atoms with Crippen molar-refractivity contribution in [2.75, 3.05) is 32.1 Å². The Morgan fingerprint density at radius 2 is 2.19 bits per heavy atom. The molecule has 1 aromatic rings. The van der Waals surface area contributed by atoms with E-state index in [2.05, 4.69) is 21.3 Å². The molecule has 3 rings (SSSR count). The number of anilines is 1. The van der Waals surface area contributed by atoms with Crippen molar-refractivity contribution < 1.29 is 9.53 Å². The summed E-state index contributed by atoms with van der Waals surface area (Å²) in [7, 11) is 1.87. The van der Waals surface area contributed by atoms with Gasteiger partial charge in [-0.15, -0.1) is 0 Å². The van der Waals surface area contributed by atoms with Crippen LogP contribution in [-0.4, -0.2) is 42.6 Å². The van der Waals surface area contributed by atoms with Gasteiger partial charge in [-0.05, 0) is 43.4 Å². The normalized spacial score (nSPS) is 23.3. The van der Waals surface area contributed by atoms with E-state index in [4.69, 9.17) is 4.74 Å². The monoisotopic (exact) mass is 289 g/mol. The molecule has 0 aliphatic carbocycles. The quantitative estimate of drug-likeness (QED) is 0.927. The lowest BCUT2D eigenvalue weighted by atomic mass is 9.97. The highest BCUT2D eigenvalue weighted by Gasteiger charge is 2.34. The molecule has 1 N–H and O–H groups in total. The number of nitrogens with one attached hydrogen (secondary N) is 1. The average Bonchev–Trinajstić information content (AvgIpc) is 3.04. The van der Waals surface area contributed by atoms with E-state index in [9.17, 15) is 4.79 Å². The van der Waals surface area contributed by atoms with Crippen LogP contribution in [0.3, 0.4) is 0 Å². The van der Waals surface area contributed by atoms with Crippen molar-refractivity contribution in [3.05, 3.63) is 23.9 Å². The first-order valence-corrected chi connectivity index (χ1v) is 7.81. The number of likely N-dealkylation sites (tertiary alicyclic amines) is 1. The van der Waals surface area contributed by atoms with Crippen LogP contribution in [0.5, 0.6) is 0 Å². The van der Waals surface area contributed by atoms with Crippen molar-refractivity contribution in [3.63, 3.8) is 0 Å². The zero-order chi connectivity index (χ0) is 14.7. The van der Waals surface area contributed by atoms with Gasteiger partial charge in [0.2, 0.25) is 5.91 Å². The molecule has 1 aromatic heterocycles. The molecule has 5 heteroatoms. The van der Waals surface area contributed by atoms with Gasteiger partial charge in [0, 0.05) is 38.9 Å². The number of aromatic nitrogens is 1. The van der Waals surface area contributed by atoms with E-state index < -0.39 is 0 Å². The van der Waals surface area contributed by atoms with Crippen molar-refractivity contribution in [2.24, 2.45) is 5.92 Å². The average molecular weight is 289 g/mol. The number of nitrogens with zero attached hydrogens (tertiary/aromatic N) is 2. The molecule has 1 amide bonds. The summed E-state index contributed by atoms with van der Waals surface area (Å²) < 4.78 is 5.37. The number of amides is 1. The molecule has 2 fully saturated rings. The van der Waals surface area contributed by atoms with E-state index in [0.29, 0.717) is 19.1 Å². The molecule has 0 saturated carbocycles. The van der Waals surface area contributed by atoms with Gasteiger partial charge in [0.1, 0.15) is 5.82 Å². The van der Waals surface area contributed by atoms with Gasteiger partial charge >= 0.3 is 0 Å². The Bertz CT molecular complexity index is 500. The lowest BCUT2D eigenvalue weighted by Gasteiger charge is -2.31. The fourth-order valence-electron chi connectivity index (χ4n) is 3.35. The number of hydrogen-bond donors (Lipinski definition) is 1. The van der Waals surface area contributed by atoms with Crippen molar-refractivity contribution in [1.29, 1.82) is 0 Å². The third kappa shape index (κ3) is 3.02. The van der Waals surface area contributed by atoms with E-state index in [1.165, 1.54) is 5.56 Å². The SMILES string of the molecule is CNc1cc(C2CCCN2C(=O)C2CCOCC2)ccn1. The molecule has 2 saturated heterocycles. The molecule has 2 aliphatic rings. The van der Waals surface area contributed by atoms with E-state index in [-0.39, 0.29) is 12.0 Å². The topological polar surface area (TPSA) is 54.5 Å². The standard InChI is InChI=1S/C16H23N3O2/c1-17-15-11-13(4-7-18-15)14-3-2-8-19(14)16(20)12-5-9-21-10-6-12/h4,7,11-12,14H,2-3,5-6,8-10H2,1H3,(H,17,18). The lowest BCUT2D eigenvalue weighted by Crippen LogP contribution is -2.38. The van der Waals surface area contributed by atoms with Crippen molar-refractivity contribution in [2.45, 2.75) is 31.7 Å². The van der Waals surface area contributed by atoms with Gasteiger partial charge in [-0.1, -0.05) is 0 Å². The Balaban J connectivity index is 1.76. The maximum atomic E-state index is 12.8. The predicted octanol–water partition coefficient (Wildman–Crippen LogP) is 2.21. The van der Waals surface area contributed by atoms with Crippen LogP contribution in [0, 0.1) is 5.92 Å². The fourth-order valence-corrected chi connectivity index (χ4v) is 3.35. The lowest BCUT2D eigenvalue weighted by molar-refractivity contribution is -0.139. The fraction of sp³-hybridized carbons (Fsp3) is 0.625. The molecule has 0 spiro atoms. The summed E-state index contributed by atoms with van der Waals surface area (Å²) in [6, 6.07) is 4.29. The Labute approximate surface area is 125 Å². The molecule has 0 aromatic carbocycles. The van der Waals surface area contributed by atoms with Crippen molar-refractivity contribution in [3.8, 4) is 0 Å². The first-order valence-electron chi connectivity index (χ1n) is 7.81. The second kappa shape index (κ2) is 6.43. The second-order valence-electron chi connectivity index (χ2n) is 5.80. The van der Waals surface area contributed by atoms with Crippen LogP contribution in [0.2, 0.25) is 0 Å². The van der Waals surface area contributed by atoms with Crippen molar-refractivity contribution >= 4 is 11.7 Å². The van der Waals surface area contributed by atoms with Gasteiger partial charge in [0.25, 0.3) is 0 Å². The molecule has 21 heavy (non-hydrogen) atoms. The highest BCUT2D eigenvalue weighted by atomic mass is 16.5. The molecule has 1 atom stereocenters. The molecule has 2 aliphatic heterocycles. The van der Waals surface area contributed by atoms with Gasteiger partial charge in [-0.25, -0.2) is 4.98 Å². The second-order valence-corrected chi connectivity index (χ2v) is 5.80. The minimum absolute atomic E-state index is 0.143. The van der Waals surface area contributed by atoms with Gasteiger partial charge in [-0.3, -0.25) is 4.79 Å². The van der Waals surface area contributed by atoms with Crippen LogP contribution in [-0.2, 0) is 9.53 Å². The van der Waals surface area contributed by atoms with Crippen LogP contribution in [0.1, 0.15) is 37.3 Å². The first-order chi connectivity index (χ1) is 10.3. The summed E-state index contributed by atoms with van der Waals surface area (Å²) in [6.45, 7) is 2.31. The van der Waals surface area contributed by atoms with Gasteiger partial charge in [-0.2, -0.15) is 0 Å². The smallest absolute Gasteiger partial charge is 0.226 e. The Morgan fingerprint density at radius 3 is 2.95 bits per heavy atom. The highest BCUT2D eigenvalue weighted by molar-refractivity contribution is 5.79. The number of carbonyl (C=O) groups excluding carboxylic acids is 1. The predicted molar refractivity (Wildman–Crippen MR) is 81.0 cm³/mol. The molecule has 0 bridgehead atoms. The number of hydrogen-bond acceptors (Lipinski definition) is 4. The summed E-state index contributed by atoms with van der Waals surface area (Å²) in [5, 5.41) is 3.07. The van der Waals surface area contributed by atoms with E-state index in [1.807, 2.05) is 19.3 Å². The number of ether oxygens (including phenoxy) is 1. The summed E-state index contributed by atoms with van der Waals surface area (Å²) in [6.07, 6.45) is 5.66. The number of rotatable bonds is 3. The molecule has 3 heterocycles. The van der Waals surface area contributed by atoms with Gasteiger partial charge in [0.15, 0.2) is 0 Å². The number of carbonyl (C=O) groups is 1. The Kier molecular flexibility index (Phi) is 4.39. The molecular formula is C16H23N3O2. The molecule has 5 nitrogen and oxygen atoms in total. The first kappa shape index (κ1) is 14.3. The Hall–Kier alpha value is -1.62. The zero-order valence-electron chi connectivity index (χ0n) is 12.5. The van der Waals surface area contributed by atoms with Crippen LogP contribution in [0.4, 0.5) is 5.82 Å². The Morgan fingerprint density at radius 1 is 1.38 bits per heavy atom. The van der Waals surface area contributed by atoms with Crippen LogP contribution >= 0.6 is 0 Å². The third-order valence-electron chi connectivity index (χ3n) is 4.53. The molecule has 1 unspecified atom stereocenters. The maximum absolute atomic E-state index is 12.8. The van der Waals surface area contributed by atoms with Crippen LogP contribution in [0.25, 0.3) is 0 Å². The highest BCUT2D eigenvalue weighted by Crippen LogP contribution is 2.34. The van der Waals surface area contributed by atoms with E-state index >= 15 is 0 Å². The zero-order valence-corrected chi connectivity index (χ0v) is 12.5. The molecule has 0 radical (unpaired) electrons. The van der Waals surface area contributed by atoms with E-state index in [0.717, 1.165) is 38.0 Å². The summed E-state index contributed by atoms with van der Waals surface area (Å²) >= 11 is 0. The summed E-state index contributed by atoms with van der Waals surface area (Å²) in [4.78, 5) is 19.1. The molecular weight excluding hydrogens is 266 g/mol. The van der Waals surface area contributed by atoms with Crippen LogP contribution < -0.4 is 5.32 Å². The van der Waals surface area contributed by atoms with Gasteiger partial charge < -0.3 is 15.0 Å². The number of pyridine rings is 1. The van der Waals surface area contributed by atoms with Gasteiger partial charge in [0.05, 0.1) is 6.04 Å². The third-order valence-corrected chi connectivity index (χ3v) is 4.53. The maximum Gasteiger partial charge on any atom is 0.226 e. The van der Waals surface area contributed by atoms with Crippen molar-refractivity contribution in [1.82, 2.24) is 9.88 Å². The minimum atomic E-state index is 0.143. The summed E-state index contributed by atoms with van der Waals surface area (Å²) in [5.41, 5.74) is 1.19.